The number of nitrogens with zero attached hydrogens (tertiary/aromatic N) is 2. The van der Waals surface area contributed by atoms with Crippen LogP contribution in [-0.2, 0) is 4.74 Å². The first-order valence-electron chi connectivity index (χ1n) is 6.35. The van der Waals surface area contributed by atoms with E-state index in [1.54, 1.807) is 6.07 Å². The Labute approximate surface area is 106 Å². The summed E-state index contributed by atoms with van der Waals surface area (Å²) in [6, 6.07) is 3.60. The molecule has 0 amide bonds. The van der Waals surface area contributed by atoms with Crippen molar-refractivity contribution < 1.29 is 9.53 Å². The molecule has 0 aliphatic heterocycles. The summed E-state index contributed by atoms with van der Waals surface area (Å²) in [6.45, 7) is 0. The quantitative estimate of drug-likeness (QED) is 0.763. The van der Waals surface area contributed by atoms with Gasteiger partial charge in [0.15, 0.2) is 5.65 Å². The molecular weight excluding hydrogens is 228 g/mol. The van der Waals surface area contributed by atoms with Crippen LogP contribution in [0.5, 0.6) is 0 Å². The summed E-state index contributed by atoms with van der Waals surface area (Å²) in [4.78, 5) is 16.3. The van der Waals surface area contributed by atoms with Crippen LogP contribution in [0.4, 0.5) is 0 Å². The summed E-state index contributed by atoms with van der Waals surface area (Å²) in [5.74, 6) is 0.222. The normalized spacial score (nSPS) is 16.3. The largest absolute Gasteiger partial charge is 0.465 e. The van der Waals surface area contributed by atoms with E-state index in [4.69, 9.17) is 4.74 Å². The standard InChI is InChI=1S/C14H16N2O2/c1-18-14(17)11-7-4-8-16-9-12(15-13(11)16)10-5-2-3-6-10/h4,7-10H,2-3,5-6H2,1H3. The van der Waals surface area contributed by atoms with Crippen molar-refractivity contribution >= 4 is 11.6 Å². The lowest BCUT2D eigenvalue weighted by Gasteiger charge is -2.02. The van der Waals surface area contributed by atoms with Crippen molar-refractivity contribution in [2.45, 2.75) is 31.6 Å². The number of esters is 1. The minimum atomic E-state index is -0.329. The molecule has 0 atom stereocenters. The van der Waals surface area contributed by atoms with Gasteiger partial charge >= 0.3 is 5.97 Å². The van der Waals surface area contributed by atoms with Gasteiger partial charge in [0.25, 0.3) is 0 Å². The summed E-state index contributed by atoms with van der Waals surface area (Å²) >= 11 is 0. The number of imidazole rings is 1. The second-order valence-corrected chi connectivity index (χ2v) is 4.79. The highest BCUT2D eigenvalue weighted by Crippen LogP contribution is 2.33. The number of fused-ring (bicyclic) bond motifs is 1. The Morgan fingerprint density at radius 3 is 2.94 bits per heavy atom. The molecule has 0 aromatic carbocycles. The van der Waals surface area contributed by atoms with Gasteiger partial charge < -0.3 is 9.14 Å². The van der Waals surface area contributed by atoms with E-state index in [2.05, 4.69) is 4.98 Å². The fraction of sp³-hybridized carbons (Fsp3) is 0.429. The third-order valence-electron chi connectivity index (χ3n) is 3.68. The summed E-state index contributed by atoms with van der Waals surface area (Å²) in [6.07, 6.45) is 8.94. The number of pyridine rings is 1. The van der Waals surface area contributed by atoms with E-state index < -0.39 is 0 Å². The summed E-state index contributed by atoms with van der Waals surface area (Å²) < 4.78 is 6.70. The van der Waals surface area contributed by atoms with Gasteiger partial charge in [-0.15, -0.1) is 0 Å². The van der Waals surface area contributed by atoms with Gasteiger partial charge in [-0.1, -0.05) is 12.8 Å². The maximum atomic E-state index is 11.7. The lowest BCUT2D eigenvalue weighted by atomic mass is 10.1. The van der Waals surface area contributed by atoms with E-state index in [0.717, 1.165) is 5.69 Å². The topological polar surface area (TPSA) is 43.6 Å². The number of aromatic nitrogens is 2. The molecule has 0 radical (unpaired) electrons. The van der Waals surface area contributed by atoms with Crippen molar-refractivity contribution in [3.8, 4) is 0 Å². The molecule has 18 heavy (non-hydrogen) atoms. The number of methoxy groups -OCH3 is 1. The maximum Gasteiger partial charge on any atom is 0.341 e. The van der Waals surface area contributed by atoms with Crippen LogP contribution >= 0.6 is 0 Å². The molecule has 0 saturated heterocycles. The van der Waals surface area contributed by atoms with Gasteiger partial charge in [0.2, 0.25) is 0 Å². The third kappa shape index (κ3) is 1.78. The van der Waals surface area contributed by atoms with Crippen LogP contribution in [0.1, 0.15) is 47.7 Å². The summed E-state index contributed by atoms with van der Waals surface area (Å²) in [7, 11) is 1.40. The molecule has 3 rings (SSSR count). The van der Waals surface area contributed by atoms with Gasteiger partial charge in [0.1, 0.15) is 5.56 Å². The van der Waals surface area contributed by atoms with E-state index in [1.165, 1.54) is 32.8 Å². The molecular formula is C14H16N2O2. The van der Waals surface area contributed by atoms with Crippen LogP contribution in [0.2, 0.25) is 0 Å². The average molecular weight is 244 g/mol. The van der Waals surface area contributed by atoms with Gasteiger partial charge in [0, 0.05) is 18.3 Å². The minimum absolute atomic E-state index is 0.329. The van der Waals surface area contributed by atoms with Crippen molar-refractivity contribution in [3.05, 3.63) is 35.8 Å². The number of ether oxygens (including phenoxy) is 1. The van der Waals surface area contributed by atoms with E-state index in [-0.39, 0.29) is 5.97 Å². The van der Waals surface area contributed by atoms with Crippen molar-refractivity contribution in [3.63, 3.8) is 0 Å². The van der Waals surface area contributed by atoms with Gasteiger partial charge in [-0.2, -0.15) is 0 Å². The SMILES string of the molecule is COC(=O)c1cccn2cc(C3CCCC3)nc12. The van der Waals surface area contributed by atoms with Gasteiger partial charge in [0.05, 0.1) is 12.8 Å². The predicted octanol–water partition coefficient (Wildman–Crippen LogP) is 2.78. The van der Waals surface area contributed by atoms with Crippen LogP contribution in [0.15, 0.2) is 24.5 Å². The third-order valence-corrected chi connectivity index (χ3v) is 3.68. The molecule has 0 N–H and O–H groups in total. The molecule has 0 bridgehead atoms. The fourth-order valence-electron chi connectivity index (χ4n) is 2.72. The second-order valence-electron chi connectivity index (χ2n) is 4.79. The van der Waals surface area contributed by atoms with Crippen molar-refractivity contribution in [1.82, 2.24) is 9.38 Å². The second kappa shape index (κ2) is 4.44. The van der Waals surface area contributed by atoms with Crippen LogP contribution in [0, 0.1) is 0 Å². The Kier molecular flexibility index (Phi) is 2.78. The molecule has 4 heteroatoms. The lowest BCUT2D eigenvalue weighted by molar-refractivity contribution is 0.0602. The zero-order chi connectivity index (χ0) is 12.5. The average Bonchev–Trinajstić information content (AvgIpc) is 3.04. The number of carbonyl (C=O) groups is 1. The molecule has 1 aliphatic rings. The Morgan fingerprint density at radius 2 is 2.22 bits per heavy atom. The number of rotatable bonds is 2. The molecule has 2 aromatic rings. The molecule has 0 unspecified atom stereocenters. The molecule has 2 aromatic heterocycles. The Balaban J connectivity index is 2.08. The zero-order valence-electron chi connectivity index (χ0n) is 10.4. The van der Waals surface area contributed by atoms with Crippen molar-refractivity contribution in [2.24, 2.45) is 0 Å². The lowest BCUT2D eigenvalue weighted by Crippen LogP contribution is -2.03. The zero-order valence-corrected chi connectivity index (χ0v) is 10.4. The molecule has 1 saturated carbocycles. The van der Waals surface area contributed by atoms with Crippen molar-refractivity contribution in [1.29, 1.82) is 0 Å². The molecule has 0 spiro atoms. The highest BCUT2D eigenvalue weighted by molar-refractivity contribution is 5.95. The predicted molar refractivity (Wildman–Crippen MR) is 67.7 cm³/mol. The highest BCUT2D eigenvalue weighted by atomic mass is 16.5. The van der Waals surface area contributed by atoms with Crippen LogP contribution in [0.25, 0.3) is 5.65 Å². The van der Waals surface area contributed by atoms with Gasteiger partial charge in [-0.05, 0) is 25.0 Å². The molecule has 94 valence electrons. The summed E-state index contributed by atoms with van der Waals surface area (Å²) in [5, 5.41) is 0. The molecule has 1 aliphatic carbocycles. The van der Waals surface area contributed by atoms with E-state index in [9.17, 15) is 4.79 Å². The first-order chi connectivity index (χ1) is 8.79. The van der Waals surface area contributed by atoms with Crippen LogP contribution in [-0.4, -0.2) is 22.5 Å². The molecule has 1 fully saturated rings. The minimum Gasteiger partial charge on any atom is -0.465 e. The first kappa shape index (κ1) is 11.3. The van der Waals surface area contributed by atoms with E-state index in [0.29, 0.717) is 17.1 Å². The Morgan fingerprint density at radius 1 is 1.44 bits per heavy atom. The number of hydrogen-bond acceptors (Lipinski definition) is 3. The number of hydrogen-bond donors (Lipinski definition) is 0. The van der Waals surface area contributed by atoms with Gasteiger partial charge in [-0.25, -0.2) is 9.78 Å². The van der Waals surface area contributed by atoms with E-state index in [1.807, 2.05) is 22.9 Å². The number of carbonyl (C=O) groups excluding carboxylic acids is 1. The summed E-state index contributed by atoms with van der Waals surface area (Å²) in [5.41, 5.74) is 2.33. The Hall–Kier alpha value is -1.84. The fourth-order valence-corrected chi connectivity index (χ4v) is 2.72. The van der Waals surface area contributed by atoms with Crippen LogP contribution < -0.4 is 0 Å². The molecule has 2 heterocycles. The smallest absolute Gasteiger partial charge is 0.341 e. The van der Waals surface area contributed by atoms with Crippen molar-refractivity contribution in [2.75, 3.05) is 7.11 Å². The van der Waals surface area contributed by atoms with Crippen LogP contribution in [0.3, 0.4) is 0 Å². The van der Waals surface area contributed by atoms with Gasteiger partial charge in [-0.3, -0.25) is 0 Å². The highest BCUT2D eigenvalue weighted by Gasteiger charge is 2.21. The van der Waals surface area contributed by atoms with E-state index >= 15 is 0 Å². The maximum absolute atomic E-state index is 11.7. The Bertz CT molecular complexity index is 582. The first-order valence-corrected chi connectivity index (χ1v) is 6.35. The molecule has 4 nitrogen and oxygen atoms in total. The monoisotopic (exact) mass is 244 g/mol.